The van der Waals surface area contributed by atoms with Crippen molar-refractivity contribution in [2.45, 2.75) is 26.9 Å². The topological polar surface area (TPSA) is 52.3 Å². The smallest absolute Gasteiger partial charge is 0.405 e. The number of hydrogen-bond donors (Lipinski definition) is 1. The van der Waals surface area contributed by atoms with E-state index < -0.39 is 6.09 Å². The average molecular weight is 286 g/mol. The second-order valence-corrected chi connectivity index (χ2v) is 5.65. The highest BCUT2D eigenvalue weighted by atomic mass is 79.9. The summed E-state index contributed by atoms with van der Waals surface area (Å²) in [5.74, 6) is 0. The molecule has 16 heavy (non-hydrogen) atoms. The predicted molar refractivity (Wildman–Crippen MR) is 67.0 cm³/mol. The van der Waals surface area contributed by atoms with Crippen LogP contribution in [0.15, 0.2) is 28.7 Å². The number of ether oxygens (including phenoxy) is 1. The van der Waals surface area contributed by atoms with Crippen molar-refractivity contribution >= 4 is 22.0 Å². The van der Waals surface area contributed by atoms with E-state index in [-0.39, 0.29) is 11.5 Å². The Hall–Kier alpha value is -1.03. The number of nitrogens with two attached hydrogens (primary N) is 1. The maximum absolute atomic E-state index is 10.9. The highest BCUT2D eigenvalue weighted by Gasteiger charge is 2.29. The Labute approximate surface area is 104 Å². The van der Waals surface area contributed by atoms with Crippen molar-refractivity contribution in [3.63, 3.8) is 0 Å². The molecule has 4 heteroatoms. The summed E-state index contributed by atoms with van der Waals surface area (Å²) >= 11 is 3.39. The number of benzene rings is 1. The molecule has 1 aromatic carbocycles. The quantitative estimate of drug-likeness (QED) is 0.902. The van der Waals surface area contributed by atoms with Gasteiger partial charge in [-0.3, -0.25) is 0 Å². The van der Waals surface area contributed by atoms with Crippen LogP contribution in [0.3, 0.4) is 0 Å². The second-order valence-electron chi connectivity index (χ2n) is 4.74. The molecule has 1 rings (SSSR count). The number of carbonyl (C=O) groups is 1. The first-order valence-corrected chi connectivity index (χ1v) is 5.81. The number of primary amides is 1. The molecule has 0 aliphatic carbocycles. The van der Waals surface area contributed by atoms with Crippen LogP contribution in [-0.2, 0) is 4.74 Å². The van der Waals surface area contributed by atoms with Crippen molar-refractivity contribution in [1.82, 2.24) is 0 Å². The minimum absolute atomic E-state index is 0.199. The van der Waals surface area contributed by atoms with Crippen LogP contribution in [0.4, 0.5) is 4.79 Å². The normalized spacial score (nSPS) is 13.2. The molecule has 0 heterocycles. The van der Waals surface area contributed by atoms with Crippen molar-refractivity contribution < 1.29 is 9.53 Å². The fraction of sp³-hybridized carbons (Fsp3) is 0.417. The van der Waals surface area contributed by atoms with Gasteiger partial charge >= 0.3 is 6.09 Å². The zero-order valence-electron chi connectivity index (χ0n) is 9.66. The van der Waals surface area contributed by atoms with Gasteiger partial charge in [0.05, 0.1) is 0 Å². The fourth-order valence-electron chi connectivity index (χ4n) is 1.53. The lowest BCUT2D eigenvalue weighted by atomic mass is 9.84. The van der Waals surface area contributed by atoms with Crippen molar-refractivity contribution in [3.05, 3.63) is 34.3 Å². The number of hydrogen-bond acceptors (Lipinski definition) is 2. The van der Waals surface area contributed by atoms with Gasteiger partial charge in [0.15, 0.2) is 0 Å². The van der Waals surface area contributed by atoms with Crippen molar-refractivity contribution in [1.29, 1.82) is 0 Å². The first-order valence-electron chi connectivity index (χ1n) is 5.02. The van der Waals surface area contributed by atoms with Gasteiger partial charge in [-0.05, 0) is 17.7 Å². The monoisotopic (exact) mass is 285 g/mol. The Kier molecular flexibility index (Phi) is 3.97. The van der Waals surface area contributed by atoms with Crippen LogP contribution in [0.2, 0.25) is 0 Å². The third-order valence-electron chi connectivity index (χ3n) is 2.17. The van der Waals surface area contributed by atoms with Crippen LogP contribution in [0.5, 0.6) is 0 Å². The molecule has 2 N–H and O–H groups in total. The summed E-state index contributed by atoms with van der Waals surface area (Å²) < 4.78 is 6.13. The summed E-state index contributed by atoms with van der Waals surface area (Å²) in [5.41, 5.74) is 5.83. The first-order chi connectivity index (χ1) is 7.30. The number of rotatable bonds is 2. The molecule has 0 fully saturated rings. The maximum Gasteiger partial charge on any atom is 0.405 e. The number of carbonyl (C=O) groups excluding carboxylic acids is 1. The molecule has 1 unspecified atom stereocenters. The average Bonchev–Trinajstić information content (AvgIpc) is 2.12. The van der Waals surface area contributed by atoms with Gasteiger partial charge in [0, 0.05) is 9.89 Å². The minimum Gasteiger partial charge on any atom is -0.441 e. The van der Waals surface area contributed by atoms with Crippen LogP contribution in [0, 0.1) is 5.41 Å². The van der Waals surface area contributed by atoms with Crippen LogP contribution in [0.1, 0.15) is 32.4 Å². The molecule has 0 saturated heterocycles. The Morgan fingerprint density at radius 3 is 2.50 bits per heavy atom. The molecule has 0 bridgehead atoms. The molecular formula is C12H16BrNO2. The third kappa shape index (κ3) is 3.52. The van der Waals surface area contributed by atoms with Gasteiger partial charge < -0.3 is 10.5 Å². The molecule has 0 spiro atoms. The molecule has 3 nitrogen and oxygen atoms in total. The lowest BCUT2D eigenvalue weighted by molar-refractivity contribution is 0.0359. The summed E-state index contributed by atoms with van der Waals surface area (Å²) in [4.78, 5) is 10.9. The zero-order valence-corrected chi connectivity index (χ0v) is 11.2. The molecule has 0 saturated carbocycles. The van der Waals surface area contributed by atoms with Crippen molar-refractivity contribution in [2.75, 3.05) is 0 Å². The van der Waals surface area contributed by atoms with Gasteiger partial charge in [0.2, 0.25) is 0 Å². The maximum atomic E-state index is 10.9. The van der Waals surface area contributed by atoms with Crippen LogP contribution in [-0.4, -0.2) is 6.09 Å². The van der Waals surface area contributed by atoms with E-state index in [0.29, 0.717) is 0 Å². The van der Waals surface area contributed by atoms with Crippen LogP contribution in [0.25, 0.3) is 0 Å². The molecule has 0 aliphatic rings. The van der Waals surface area contributed by atoms with Gasteiger partial charge in [-0.25, -0.2) is 4.79 Å². The molecule has 0 aliphatic heterocycles. The molecule has 0 aromatic heterocycles. The minimum atomic E-state index is -0.750. The second kappa shape index (κ2) is 4.87. The molecular weight excluding hydrogens is 270 g/mol. The van der Waals surface area contributed by atoms with Gasteiger partial charge in [0.1, 0.15) is 6.10 Å². The standard InChI is InChI=1S/C12H16BrNO2/c1-12(2,3)10(16-11(14)15)8-5-4-6-9(13)7-8/h4-7,10H,1-3H3,(H2,14,15). The SMILES string of the molecule is CC(C)(C)C(OC(N)=O)c1cccc(Br)c1. The zero-order chi connectivity index (χ0) is 12.3. The molecule has 1 atom stereocenters. The van der Waals surface area contributed by atoms with E-state index in [1.54, 1.807) is 0 Å². The Morgan fingerprint density at radius 1 is 1.44 bits per heavy atom. The van der Waals surface area contributed by atoms with Crippen LogP contribution >= 0.6 is 15.9 Å². The van der Waals surface area contributed by atoms with Crippen molar-refractivity contribution in [2.24, 2.45) is 11.1 Å². The lowest BCUT2D eigenvalue weighted by Crippen LogP contribution is -2.26. The molecule has 88 valence electrons. The van der Waals surface area contributed by atoms with Gasteiger partial charge in [-0.15, -0.1) is 0 Å². The first kappa shape index (κ1) is 13.0. The molecule has 1 amide bonds. The van der Waals surface area contributed by atoms with Gasteiger partial charge in [0.25, 0.3) is 0 Å². The Morgan fingerprint density at radius 2 is 2.06 bits per heavy atom. The highest BCUT2D eigenvalue weighted by molar-refractivity contribution is 9.10. The highest BCUT2D eigenvalue weighted by Crippen LogP contribution is 2.36. The molecule has 0 radical (unpaired) electrons. The van der Waals surface area contributed by atoms with Gasteiger partial charge in [-0.2, -0.15) is 0 Å². The Balaban J connectivity index is 3.06. The summed E-state index contributed by atoms with van der Waals surface area (Å²) in [5, 5.41) is 0. The number of amides is 1. The largest absolute Gasteiger partial charge is 0.441 e. The van der Waals surface area contributed by atoms with E-state index in [0.717, 1.165) is 10.0 Å². The van der Waals surface area contributed by atoms with E-state index >= 15 is 0 Å². The lowest BCUT2D eigenvalue weighted by Gasteiger charge is -2.30. The Bertz CT molecular complexity index is 385. The fourth-order valence-corrected chi connectivity index (χ4v) is 1.95. The number of halogens is 1. The van der Waals surface area contributed by atoms with Crippen LogP contribution < -0.4 is 5.73 Å². The van der Waals surface area contributed by atoms with E-state index in [9.17, 15) is 4.79 Å². The summed E-state index contributed by atoms with van der Waals surface area (Å²) in [6.45, 7) is 6.00. The third-order valence-corrected chi connectivity index (χ3v) is 2.67. The summed E-state index contributed by atoms with van der Waals surface area (Å²) in [7, 11) is 0. The van der Waals surface area contributed by atoms with E-state index in [1.807, 2.05) is 45.0 Å². The van der Waals surface area contributed by atoms with E-state index in [1.165, 1.54) is 0 Å². The summed E-state index contributed by atoms with van der Waals surface area (Å²) in [6.07, 6.45) is -1.09. The van der Waals surface area contributed by atoms with Crippen molar-refractivity contribution in [3.8, 4) is 0 Å². The predicted octanol–water partition coefficient (Wildman–Crippen LogP) is 3.63. The van der Waals surface area contributed by atoms with E-state index in [4.69, 9.17) is 10.5 Å². The van der Waals surface area contributed by atoms with Gasteiger partial charge in [-0.1, -0.05) is 48.8 Å². The summed E-state index contributed by atoms with van der Waals surface area (Å²) in [6, 6.07) is 7.68. The molecule has 1 aromatic rings. The van der Waals surface area contributed by atoms with E-state index in [2.05, 4.69) is 15.9 Å².